The van der Waals surface area contributed by atoms with Gasteiger partial charge in [-0.3, -0.25) is 10.1 Å². The lowest BCUT2D eigenvalue weighted by Crippen LogP contribution is -2.18. The monoisotopic (exact) mass is 365 g/mol. The van der Waals surface area contributed by atoms with Crippen LogP contribution in [-0.4, -0.2) is 19.5 Å². The lowest BCUT2D eigenvalue weighted by Gasteiger charge is -2.02. The van der Waals surface area contributed by atoms with Gasteiger partial charge in [-0.15, -0.1) is 11.3 Å². The molecular weight excluding hydrogens is 358 g/mol. The van der Waals surface area contributed by atoms with Crippen LogP contribution >= 0.6 is 27.3 Å². The van der Waals surface area contributed by atoms with E-state index in [0.29, 0.717) is 10.2 Å². The molecule has 0 unspecified atom stereocenters. The molecule has 10 heteroatoms. The Hall–Kier alpha value is -1.23. The fourth-order valence-electron chi connectivity index (χ4n) is 1.28. The number of nitrogens with two attached hydrogens (primary N) is 1. The number of carbonyl (C=O) groups excluding carboxylic acids is 1. The van der Waals surface area contributed by atoms with Crippen molar-refractivity contribution >= 4 is 49.1 Å². The summed E-state index contributed by atoms with van der Waals surface area (Å²) >= 11 is 4.16. The number of amides is 1. The van der Waals surface area contributed by atoms with Crippen molar-refractivity contribution < 1.29 is 17.7 Å². The molecule has 7 nitrogen and oxygen atoms in total. The van der Waals surface area contributed by atoms with Crippen molar-refractivity contribution in [2.75, 3.05) is 5.32 Å². The Morgan fingerprint density at radius 2 is 2.26 bits per heavy atom. The van der Waals surface area contributed by atoms with E-state index in [9.17, 15) is 13.2 Å². The van der Waals surface area contributed by atoms with Crippen molar-refractivity contribution in [3.63, 3.8) is 0 Å². The zero-order chi connectivity index (χ0) is 14.2. The molecule has 1 amide bonds. The third-order valence-electron chi connectivity index (χ3n) is 2.16. The van der Waals surface area contributed by atoms with Gasteiger partial charge in [-0.1, -0.05) is 5.16 Å². The summed E-state index contributed by atoms with van der Waals surface area (Å²) in [6, 6.07) is 1.27. The highest BCUT2D eigenvalue weighted by atomic mass is 79.9. The largest absolute Gasteiger partial charge is 0.337 e. The lowest BCUT2D eigenvalue weighted by molar-refractivity contribution is 0.102. The summed E-state index contributed by atoms with van der Waals surface area (Å²) in [6.07, 6.45) is 0. The minimum Gasteiger partial charge on any atom is -0.337 e. The second-order valence-electron chi connectivity index (χ2n) is 3.52. The number of rotatable bonds is 3. The number of anilines is 1. The summed E-state index contributed by atoms with van der Waals surface area (Å²) in [5.74, 6) is -0.521. The van der Waals surface area contributed by atoms with Crippen LogP contribution in [0, 0.1) is 6.92 Å². The van der Waals surface area contributed by atoms with Gasteiger partial charge in [0.25, 0.3) is 5.91 Å². The van der Waals surface area contributed by atoms with Gasteiger partial charge in [0.15, 0.2) is 0 Å². The molecule has 0 aliphatic rings. The van der Waals surface area contributed by atoms with Crippen molar-refractivity contribution in [2.24, 2.45) is 5.14 Å². The molecule has 0 aliphatic carbocycles. The van der Waals surface area contributed by atoms with Crippen molar-refractivity contribution in [3.8, 4) is 0 Å². The molecule has 3 N–H and O–H groups in total. The molecule has 0 saturated heterocycles. The topological polar surface area (TPSA) is 115 Å². The van der Waals surface area contributed by atoms with Gasteiger partial charge >= 0.3 is 0 Å². The summed E-state index contributed by atoms with van der Waals surface area (Å²) in [6.45, 7) is 1.68. The Kier molecular flexibility index (Phi) is 3.76. The van der Waals surface area contributed by atoms with Crippen LogP contribution in [0.2, 0.25) is 0 Å². The Balaban J connectivity index is 2.32. The molecule has 2 aromatic rings. The zero-order valence-electron chi connectivity index (χ0n) is 9.51. The van der Waals surface area contributed by atoms with Gasteiger partial charge in [-0.25, -0.2) is 13.6 Å². The highest BCUT2D eigenvalue weighted by molar-refractivity contribution is 9.10. The minimum atomic E-state index is -3.94. The normalized spacial score (nSPS) is 11.5. The van der Waals surface area contributed by atoms with Crippen LogP contribution in [0.3, 0.4) is 0 Å². The molecule has 0 spiro atoms. The Morgan fingerprint density at radius 1 is 1.58 bits per heavy atom. The molecule has 0 atom stereocenters. The molecule has 102 valence electrons. The van der Waals surface area contributed by atoms with Crippen LogP contribution in [0.25, 0.3) is 0 Å². The van der Waals surface area contributed by atoms with Crippen molar-refractivity contribution in [1.82, 2.24) is 5.16 Å². The first-order chi connectivity index (χ1) is 8.80. The van der Waals surface area contributed by atoms with Gasteiger partial charge in [0.2, 0.25) is 15.9 Å². The van der Waals surface area contributed by atoms with Crippen molar-refractivity contribution in [2.45, 2.75) is 11.8 Å². The molecule has 2 aromatic heterocycles. The Bertz CT molecular complexity index is 734. The average Bonchev–Trinajstić information content (AvgIpc) is 2.90. The lowest BCUT2D eigenvalue weighted by atomic mass is 10.4. The molecule has 0 bridgehead atoms. The molecule has 0 radical (unpaired) electrons. The van der Waals surface area contributed by atoms with Crippen LogP contribution in [0.1, 0.15) is 15.4 Å². The quantitative estimate of drug-likeness (QED) is 0.858. The fourth-order valence-corrected chi connectivity index (χ4v) is 3.40. The summed E-state index contributed by atoms with van der Waals surface area (Å²) in [4.78, 5) is 11.7. The van der Waals surface area contributed by atoms with E-state index in [-0.39, 0.29) is 15.7 Å². The third-order valence-corrected chi connectivity index (χ3v) is 5.09. The first-order valence-corrected chi connectivity index (χ1v) is 8.06. The second kappa shape index (κ2) is 5.04. The highest BCUT2D eigenvalue weighted by Crippen LogP contribution is 2.27. The number of halogens is 1. The van der Waals surface area contributed by atoms with E-state index in [1.807, 2.05) is 0 Å². The number of nitrogens with zero attached hydrogens (tertiary/aromatic N) is 1. The average molecular weight is 366 g/mol. The number of nitrogens with one attached hydrogen (secondary N) is 1. The van der Waals surface area contributed by atoms with E-state index in [1.54, 1.807) is 6.92 Å². The van der Waals surface area contributed by atoms with E-state index in [1.165, 1.54) is 11.4 Å². The smallest absolute Gasteiger partial charge is 0.269 e. The number of hydrogen-bond donors (Lipinski definition) is 2. The molecule has 0 saturated carbocycles. The van der Waals surface area contributed by atoms with Crippen molar-refractivity contribution in [3.05, 3.63) is 26.5 Å². The van der Waals surface area contributed by atoms with E-state index in [0.717, 1.165) is 11.3 Å². The maximum Gasteiger partial charge on any atom is 0.269 e. The predicted octanol–water partition coefficient (Wildman–Crippen LogP) is 1.71. The molecule has 0 fully saturated rings. The van der Waals surface area contributed by atoms with Gasteiger partial charge in [0, 0.05) is 0 Å². The van der Waals surface area contributed by atoms with Crippen LogP contribution in [0.15, 0.2) is 25.3 Å². The van der Waals surface area contributed by atoms with Gasteiger partial charge < -0.3 is 4.52 Å². The van der Waals surface area contributed by atoms with Gasteiger partial charge in [-0.2, -0.15) is 0 Å². The van der Waals surface area contributed by atoms with Crippen LogP contribution in [-0.2, 0) is 10.0 Å². The highest BCUT2D eigenvalue weighted by Gasteiger charge is 2.23. The maximum atomic E-state index is 12.0. The molecule has 19 heavy (non-hydrogen) atoms. The number of thiophene rings is 1. The maximum absolute atomic E-state index is 12.0. The Labute approximate surface area is 121 Å². The summed E-state index contributed by atoms with van der Waals surface area (Å²) in [7, 11) is -3.94. The summed E-state index contributed by atoms with van der Waals surface area (Å²) < 4.78 is 28.0. The zero-order valence-corrected chi connectivity index (χ0v) is 12.7. The van der Waals surface area contributed by atoms with Crippen molar-refractivity contribution in [1.29, 1.82) is 0 Å². The SMILES string of the molecule is Cc1noc(NC(=O)c2sccc2S(N)(=O)=O)c1Br. The van der Waals surface area contributed by atoms with E-state index >= 15 is 0 Å². The third kappa shape index (κ3) is 2.86. The number of hydrogen-bond acceptors (Lipinski definition) is 6. The van der Waals surface area contributed by atoms with E-state index < -0.39 is 15.9 Å². The second-order valence-corrected chi connectivity index (χ2v) is 6.76. The number of primary sulfonamides is 1. The fraction of sp³-hybridized carbons (Fsp3) is 0.111. The number of aryl methyl sites for hydroxylation is 1. The first kappa shape index (κ1) is 14.2. The number of carbonyl (C=O) groups is 1. The minimum absolute atomic E-state index is 0.0107. The first-order valence-electron chi connectivity index (χ1n) is 4.84. The predicted molar refractivity (Wildman–Crippen MR) is 72.6 cm³/mol. The molecule has 2 rings (SSSR count). The number of aromatic nitrogens is 1. The van der Waals surface area contributed by atoms with E-state index in [4.69, 9.17) is 9.66 Å². The van der Waals surface area contributed by atoms with Crippen LogP contribution in [0.4, 0.5) is 5.88 Å². The van der Waals surface area contributed by atoms with Gasteiger partial charge in [0.1, 0.15) is 14.2 Å². The van der Waals surface area contributed by atoms with Gasteiger partial charge in [-0.05, 0) is 34.3 Å². The van der Waals surface area contributed by atoms with E-state index in [2.05, 4.69) is 26.4 Å². The standard InChI is InChI=1S/C9H8BrN3O4S2/c1-4-6(10)9(17-13-4)12-8(14)7-5(2-3-18-7)19(11,15)16/h2-3H,1H3,(H,12,14)(H2,11,15,16). The Morgan fingerprint density at radius 3 is 2.79 bits per heavy atom. The molecule has 2 heterocycles. The number of sulfonamides is 1. The molecule has 0 aromatic carbocycles. The molecule has 0 aliphatic heterocycles. The molecular formula is C9H8BrN3O4S2. The van der Waals surface area contributed by atoms with Gasteiger partial charge in [0.05, 0.1) is 5.69 Å². The van der Waals surface area contributed by atoms with Crippen LogP contribution < -0.4 is 10.5 Å². The summed E-state index contributed by atoms with van der Waals surface area (Å²) in [5.41, 5.74) is 0.563. The summed E-state index contributed by atoms with van der Waals surface area (Å²) in [5, 5.41) is 12.6. The van der Waals surface area contributed by atoms with Crippen LogP contribution in [0.5, 0.6) is 0 Å².